The Hall–Kier alpha value is -4.16. The predicted molar refractivity (Wildman–Crippen MR) is 154 cm³/mol. The Labute approximate surface area is 247 Å². The number of nitrogens with zero attached hydrogens (tertiary/aromatic N) is 2. The van der Waals surface area contributed by atoms with E-state index in [-0.39, 0.29) is 30.5 Å². The first-order valence-electron chi connectivity index (χ1n) is 13.7. The van der Waals surface area contributed by atoms with Gasteiger partial charge >= 0.3 is 12.2 Å². The van der Waals surface area contributed by atoms with Crippen LogP contribution in [-0.4, -0.2) is 65.7 Å². The number of aliphatic hydroxyl groups excluding tert-OH is 1. The second-order valence-electron chi connectivity index (χ2n) is 10.8. The van der Waals surface area contributed by atoms with Crippen molar-refractivity contribution in [1.29, 1.82) is 0 Å². The van der Waals surface area contributed by atoms with Crippen LogP contribution in [0.4, 0.5) is 33.7 Å². The summed E-state index contributed by atoms with van der Waals surface area (Å²) in [5.74, 6) is -0.682. The first kappa shape index (κ1) is 31.8. The lowest BCUT2D eigenvalue weighted by Gasteiger charge is -2.38. The van der Waals surface area contributed by atoms with Crippen LogP contribution in [0, 0.1) is 11.7 Å². The van der Waals surface area contributed by atoms with Crippen LogP contribution in [0.2, 0.25) is 0 Å². The topological polar surface area (TPSA) is 94.1 Å². The SMILES string of the molecule is C[C@H](CO)N1C[C@H](C)[C@H](CN(C)Cc2ccc(C(F)(F)F)cc2)Oc2ccc(NC(=O)Nc3ccc(F)cc3)cc2C1=O. The first-order valence-corrected chi connectivity index (χ1v) is 13.7. The van der Waals surface area contributed by atoms with Crippen LogP contribution in [0.25, 0.3) is 0 Å². The molecule has 0 aliphatic carbocycles. The maximum Gasteiger partial charge on any atom is 0.416 e. The number of fused-ring (bicyclic) bond motifs is 1. The van der Waals surface area contributed by atoms with Gasteiger partial charge in [-0.05, 0) is 74.1 Å². The molecule has 230 valence electrons. The molecule has 43 heavy (non-hydrogen) atoms. The molecule has 0 unspecified atom stereocenters. The van der Waals surface area contributed by atoms with Crippen LogP contribution in [0.3, 0.4) is 0 Å². The van der Waals surface area contributed by atoms with Gasteiger partial charge in [0.15, 0.2) is 0 Å². The fourth-order valence-electron chi connectivity index (χ4n) is 4.83. The quantitative estimate of drug-likeness (QED) is 0.282. The molecule has 3 atom stereocenters. The van der Waals surface area contributed by atoms with Gasteiger partial charge in [0, 0.05) is 36.9 Å². The number of hydrogen-bond acceptors (Lipinski definition) is 5. The number of carbonyl (C=O) groups is 2. The highest BCUT2D eigenvalue weighted by Gasteiger charge is 2.34. The van der Waals surface area contributed by atoms with Crippen molar-refractivity contribution in [2.24, 2.45) is 5.92 Å². The van der Waals surface area contributed by atoms with Gasteiger partial charge in [-0.15, -0.1) is 0 Å². The third-order valence-electron chi connectivity index (χ3n) is 7.25. The van der Waals surface area contributed by atoms with Crippen molar-refractivity contribution in [1.82, 2.24) is 9.80 Å². The van der Waals surface area contributed by atoms with Gasteiger partial charge in [0.25, 0.3) is 5.91 Å². The summed E-state index contributed by atoms with van der Waals surface area (Å²) in [7, 11) is 1.83. The number of anilines is 2. The van der Waals surface area contributed by atoms with E-state index >= 15 is 0 Å². The molecule has 1 heterocycles. The summed E-state index contributed by atoms with van der Waals surface area (Å²) in [4.78, 5) is 29.7. The number of likely N-dealkylation sites (N-methyl/N-ethyl adjacent to an activating group) is 1. The van der Waals surface area contributed by atoms with Gasteiger partial charge in [0.05, 0.1) is 23.8 Å². The summed E-state index contributed by atoms with van der Waals surface area (Å²) >= 11 is 0. The van der Waals surface area contributed by atoms with Crippen molar-refractivity contribution >= 4 is 23.3 Å². The number of amides is 3. The number of rotatable bonds is 8. The molecule has 0 bridgehead atoms. The normalized spacial score (nSPS) is 17.9. The minimum atomic E-state index is -4.41. The number of hydrogen-bond donors (Lipinski definition) is 3. The second-order valence-corrected chi connectivity index (χ2v) is 10.8. The Bertz CT molecular complexity index is 1420. The molecule has 3 aromatic carbocycles. The number of alkyl halides is 3. The van der Waals surface area contributed by atoms with Crippen LogP contribution in [0.1, 0.15) is 35.3 Å². The Morgan fingerprint density at radius 1 is 1.07 bits per heavy atom. The van der Waals surface area contributed by atoms with Gasteiger partial charge in [-0.3, -0.25) is 9.69 Å². The predicted octanol–water partition coefficient (Wildman–Crippen LogP) is 5.84. The van der Waals surface area contributed by atoms with Crippen LogP contribution in [-0.2, 0) is 12.7 Å². The highest BCUT2D eigenvalue weighted by Crippen LogP contribution is 2.32. The fraction of sp³-hybridized carbons (Fsp3) is 0.355. The largest absolute Gasteiger partial charge is 0.488 e. The smallest absolute Gasteiger partial charge is 0.416 e. The van der Waals surface area contributed by atoms with Gasteiger partial charge in [0.2, 0.25) is 0 Å². The zero-order valence-electron chi connectivity index (χ0n) is 24.0. The third kappa shape index (κ3) is 8.23. The maximum absolute atomic E-state index is 13.6. The Kier molecular flexibility index (Phi) is 9.92. The maximum atomic E-state index is 13.6. The minimum absolute atomic E-state index is 0.166. The zero-order valence-corrected chi connectivity index (χ0v) is 24.0. The summed E-state index contributed by atoms with van der Waals surface area (Å²) < 4.78 is 58.4. The number of ether oxygens (including phenoxy) is 1. The van der Waals surface area contributed by atoms with E-state index in [1.165, 1.54) is 42.5 Å². The van der Waals surface area contributed by atoms with Crippen molar-refractivity contribution in [3.05, 3.63) is 89.2 Å². The Balaban J connectivity index is 1.53. The fourth-order valence-corrected chi connectivity index (χ4v) is 4.83. The first-order chi connectivity index (χ1) is 20.3. The van der Waals surface area contributed by atoms with Crippen LogP contribution in [0.5, 0.6) is 5.75 Å². The zero-order chi connectivity index (χ0) is 31.3. The second kappa shape index (κ2) is 13.4. The summed E-state index contributed by atoms with van der Waals surface area (Å²) in [5, 5.41) is 15.1. The third-order valence-corrected chi connectivity index (χ3v) is 7.25. The van der Waals surface area contributed by atoms with Gasteiger partial charge in [-0.25, -0.2) is 9.18 Å². The van der Waals surface area contributed by atoms with E-state index in [9.17, 15) is 32.3 Å². The van der Waals surface area contributed by atoms with E-state index in [4.69, 9.17) is 4.74 Å². The van der Waals surface area contributed by atoms with Crippen molar-refractivity contribution in [3.63, 3.8) is 0 Å². The molecule has 4 rings (SSSR count). The van der Waals surface area contributed by atoms with Crippen molar-refractivity contribution in [3.8, 4) is 5.75 Å². The molecule has 12 heteroatoms. The highest BCUT2D eigenvalue weighted by atomic mass is 19.4. The van der Waals surface area contributed by atoms with E-state index in [1.807, 2.05) is 18.9 Å². The van der Waals surface area contributed by atoms with E-state index in [0.717, 1.165) is 12.1 Å². The highest BCUT2D eigenvalue weighted by molar-refractivity contribution is 6.02. The van der Waals surface area contributed by atoms with Crippen LogP contribution >= 0.6 is 0 Å². The molecule has 0 aromatic heterocycles. The van der Waals surface area contributed by atoms with Gasteiger partial charge in [0.1, 0.15) is 17.7 Å². The molecular formula is C31H34F4N4O4. The molecular weight excluding hydrogens is 568 g/mol. The summed E-state index contributed by atoms with van der Waals surface area (Å²) in [5.41, 5.74) is 0.884. The summed E-state index contributed by atoms with van der Waals surface area (Å²) in [6.07, 6.45) is -4.82. The molecule has 3 N–H and O–H groups in total. The molecule has 1 aliphatic rings. The molecule has 0 saturated heterocycles. The average Bonchev–Trinajstić information content (AvgIpc) is 2.95. The number of urea groups is 1. The van der Waals surface area contributed by atoms with E-state index < -0.39 is 35.7 Å². The monoisotopic (exact) mass is 602 g/mol. The molecule has 3 aromatic rings. The number of aliphatic hydroxyl groups is 1. The Morgan fingerprint density at radius 2 is 1.70 bits per heavy atom. The molecule has 8 nitrogen and oxygen atoms in total. The van der Waals surface area contributed by atoms with Crippen LogP contribution in [0.15, 0.2) is 66.7 Å². The van der Waals surface area contributed by atoms with Gasteiger partial charge in [-0.2, -0.15) is 13.2 Å². The molecule has 0 fully saturated rings. The Morgan fingerprint density at radius 3 is 2.33 bits per heavy atom. The van der Waals surface area contributed by atoms with Crippen molar-refractivity contribution in [2.75, 3.05) is 37.4 Å². The van der Waals surface area contributed by atoms with E-state index in [1.54, 1.807) is 24.0 Å². The average molecular weight is 603 g/mol. The van der Waals surface area contributed by atoms with Crippen molar-refractivity contribution in [2.45, 2.75) is 38.7 Å². The molecule has 3 amide bonds. The number of benzene rings is 3. The number of nitrogens with one attached hydrogen (secondary N) is 2. The summed E-state index contributed by atoms with van der Waals surface area (Å²) in [6.45, 7) is 4.46. The molecule has 1 aliphatic heterocycles. The molecule has 0 radical (unpaired) electrons. The van der Waals surface area contributed by atoms with Gasteiger partial charge < -0.3 is 25.4 Å². The molecule has 0 saturated carbocycles. The number of carbonyl (C=O) groups excluding carboxylic acids is 2. The van der Waals surface area contributed by atoms with E-state index in [0.29, 0.717) is 35.8 Å². The van der Waals surface area contributed by atoms with Gasteiger partial charge in [-0.1, -0.05) is 19.1 Å². The minimum Gasteiger partial charge on any atom is -0.488 e. The van der Waals surface area contributed by atoms with Crippen molar-refractivity contribution < 1.29 is 37.0 Å². The lowest BCUT2D eigenvalue weighted by molar-refractivity contribution is -0.137. The lowest BCUT2D eigenvalue weighted by Crippen LogP contribution is -2.49. The van der Waals surface area contributed by atoms with Crippen LogP contribution < -0.4 is 15.4 Å². The number of halogens is 4. The van der Waals surface area contributed by atoms with E-state index in [2.05, 4.69) is 10.6 Å². The standard InChI is InChI=1S/C31H34F4N4O4/c1-19-15-39(20(2)18-40)29(41)26-14-25(37-30(42)36-24-10-8-23(32)9-11-24)12-13-27(26)43-28(19)17-38(3)16-21-4-6-22(7-5-21)31(33,34)35/h4-14,19-20,28,40H,15-18H2,1-3H3,(H2,36,37,42)/t19-,20+,28-/m0/s1. The lowest BCUT2D eigenvalue weighted by atomic mass is 9.99. The summed E-state index contributed by atoms with van der Waals surface area (Å²) in [6, 6.07) is 13.8. The molecule has 0 spiro atoms.